The van der Waals surface area contributed by atoms with E-state index in [1.165, 1.54) is 38.5 Å². The monoisotopic (exact) mass is 830 g/mol. The third kappa shape index (κ3) is 7.65. The summed E-state index contributed by atoms with van der Waals surface area (Å²) < 4.78 is 1.55. The minimum absolute atomic E-state index is 0. The number of rotatable bonds is 9. The van der Waals surface area contributed by atoms with Crippen molar-refractivity contribution in [3.05, 3.63) is 34.3 Å². The second-order valence-electron chi connectivity index (χ2n) is 17.4. The Morgan fingerprint density at radius 3 is 0.851 bits per heavy atom. The summed E-state index contributed by atoms with van der Waals surface area (Å²) in [5.41, 5.74) is 8.42. The van der Waals surface area contributed by atoms with E-state index in [1.54, 1.807) is 159 Å². The van der Waals surface area contributed by atoms with Gasteiger partial charge < -0.3 is 0 Å². The zero-order valence-electron chi connectivity index (χ0n) is 30.2. The zero-order chi connectivity index (χ0) is 31.2. The van der Waals surface area contributed by atoms with E-state index in [2.05, 4.69) is 40.2 Å². The van der Waals surface area contributed by atoms with Gasteiger partial charge in [0, 0.05) is 29.5 Å². The molecule has 1 aromatic rings. The van der Waals surface area contributed by atoms with E-state index in [4.69, 9.17) is 0 Å². The quantitative estimate of drug-likeness (QED) is 0.172. The van der Waals surface area contributed by atoms with E-state index in [0.717, 1.165) is 39.4 Å². The van der Waals surface area contributed by atoms with E-state index in [9.17, 15) is 0 Å². The van der Waals surface area contributed by atoms with Crippen molar-refractivity contribution in [1.82, 2.24) is 0 Å². The Labute approximate surface area is 314 Å². The van der Waals surface area contributed by atoms with Gasteiger partial charge in [0.25, 0.3) is 0 Å². The number of hydrogen-bond donors (Lipinski definition) is 0. The Hall–Kier alpha value is 1.18. The first kappa shape index (κ1) is 37.9. The Morgan fingerprint density at radius 1 is 0.383 bits per heavy atom. The number of benzene rings is 1. The summed E-state index contributed by atoms with van der Waals surface area (Å²) in [6, 6.07) is 10.2. The summed E-state index contributed by atoms with van der Waals surface area (Å²) in [5, 5.41) is 0.971. The van der Waals surface area contributed by atoms with Gasteiger partial charge in [-0.3, -0.25) is 0 Å². The van der Waals surface area contributed by atoms with Gasteiger partial charge in [-0.05, 0) is 160 Å². The van der Waals surface area contributed by atoms with Crippen LogP contribution < -0.4 is 0 Å². The molecule has 0 spiro atoms. The Balaban J connectivity index is 0.00000386. The normalized spacial score (nSPS) is 26.3. The molecule has 0 nitrogen and oxygen atoms in total. The van der Waals surface area contributed by atoms with Gasteiger partial charge in [-0.1, -0.05) is 72.7 Å². The maximum absolute atomic E-state index is 4.46. The van der Waals surface area contributed by atoms with E-state index in [-0.39, 0.29) is 19.5 Å². The second-order valence-corrected chi connectivity index (χ2v) is 27.7. The Bertz CT molecular complexity index is 902. The van der Waals surface area contributed by atoms with Crippen LogP contribution in [0.1, 0.15) is 204 Å². The fourth-order valence-corrected chi connectivity index (χ4v) is 35.6. The molecule has 0 amide bonds. The van der Waals surface area contributed by atoms with Crippen LogP contribution in [-0.2, 0) is 19.5 Å². The van der Waals surface area contributed by atoms with Crippen molar-refractivity contribution in [3.63, 3.8) is 0 Å². The Kier molecular flexibility index (Phi) is 14.8. The second kappa shape index (κ2) is 18.3. The molecule has 0 aliphatic heterocycles. The topological polar surface area (TPSA) is 0 Å². The molecule has 6 aliphatic rings. The predicted octanol–water partition coefficient (Wildman–Crippen LogP) is 15.5. The fourth-order valence-electron chi connectivity index (χ4n) is 13.7. The van der Waals surface area contributed by atoms with Crippen LogP contribution in [0.2, 0.25) is 0 Å². The first-order chi connectivity index (χ1) is 22.8. The molecule has 0 heterocycles. The first-order valence-electron chi connectivity index (χ1n) is 21.3. The van der Waals surface area contributed by atoms with Gasteiger partial charge in [0.05, 0.1) is 48.5 Å². The molecule has 47 heavy (non-hydrogen) atoms. The van der Waals surface area contributed by atoms with E-state index in [0.29, 0.717) is 0 Å². The standard InChI is InChI=1S/C43H71BrP2.Ru/c44-42-34-20-19-33-41(42)43(45(35-21-7-1-8-22-35,36-23-9-2-10-24-36)37-25-11-3-12-26-37)46(38-27-13-4-14-28-38,39-29-15-5-16-30-39)40-31-17-6-18-32-40;/h19-20,33-40,43H,1-18,21-32H2;/q+2;. The van der Waals surface area contributed by atoms with E-state index < -0.39 is 14.5 Å². The molecule has 0 N–H and O–H groups in total. The van der Waals surface area contributed by atoms with Crippen molar-refractivity contribution in [1.29, 1.82) is 0 Å². The van der Waals surface area contributed by atoms with Gasteiger partial charge in [-0.15, -0.1) is 0 Å². The average molecular weight is 831 g/mol. The van der Waals surface area contributed by atoms with Crippen molar-refractivity contribution in [2.75, 3.05) is 0 Å². The SMILES string of the molecule is Brc1ccccc1C([P+](C1CCCCC1)(C1CCCCC1)C1CCCCC1)[P+](C1CCCCC1)(C1CCCCC1)C1CCCCC1.[Ru]. The van der Waals surface area contributed by atoms with Crippen molar-refractivity contribution in [2.24, 2.45) is 0 Å². The van der Waals surface area contributed by atoms with Gasteiger partial charge in [0.15, 0.2) is 5.40 Å². The van der Waals surface area contributed by atoms with E-state index >= 15 is 0 Å². The summed E-state index contributed by atoms with van der Waals surface area (Å²) in [4.78, 5) is 0. The van der Waals surface area contributed by atoms with Crippen LogP contribution in [0.15, 0.2) is 28.7 Å². The molecule has 0 radical (unpaired) electrons. The van der Waals surface area contributed by atoms with Crippen LogP contribution in [0.4, 0.5) is 0 Å². The summed E-state index contributed by atoms with van der Waals surface area (Å²) in [6.07, 6.45) is 47.1. The number of halogens is 1. The summed E-state index contributed by atoms with van der Waals surface area (Å²) >= 11 is 4.46. The van der Waals surface area contributed by atoms with Gasteiger partial charge in [0.1, 0.15) is 0 Å². The molecule has 4 heteroatoms. The van der Waals surface area contributed by atoms with Crippen molar-refractivity contribution in [2.45, 2.75) is 232 Å². The van der Waals surface area contributed by atoms with Crippen LogP contribution >= 0.6 is 30.5 Å². The van der Waals surface area contributed by atoms with Crippen LogP contribution in [0.25, 0.3) is 0 Å². The molecule has 1 aromatic carbocycles. The molecule has 0 aromatic heterocycles. The molecule has 7 rings (SSSR count). The van der Waals surface area contributed by atoms with Crippen LogP contribution in [-0.4, -0.2) is 34.0 Å². The van der Waals surface area contributed by atoms with Gasteiger partial charge in [-0.2, -0.15) is 0 Å². The summed E-state index contributed by atoms with van der Waals surface area (Å²) in [7, 11) is -2.77. The average Bonchev–Trinajstić information content (AvgIpc) is 3.15. The summed E-state index contributed by atoms with van der Waals surface area (Å²) in [5.74, 6) is 0. The zero-order valence-corrected chi connectivity index (χ0v) is 35.3. The minimum Gasteiger partial charge on any atom is -0.0616 e. The van der Waals surface area contributed by atoms with Crippen molar-refractivity contribution >= 4 is 30.5 Å². The molecule has 6 fully saturated rings. The van der Waals surface area contributed by atoms with Gasteiger partial charge >= 0.3 is 0 Å². The molecular formula is C43H71BrP2Ru+2. The third-order valence-electron chi connectivity index (χ3n) is 15.3. The molecule has 6 saturated carbocycles. The van der Waals surface area contributed by atoms with Crippen molar-refractivity contribution < 1.29 is 19.5 Å². The van der Waals surface area contributed by atoms with E-state index in [1.807, 2.05) is 5.56 Å². The molecule has 0 atom stereocenters. The molecule has 0 bridgehead atoms. The van der Waals surface area contributed by atoms with Crippen LogP contribution in [0.3, 0.4) is 0 Å². The smallest absolute Gasteiger partial charge is 0.0616 e. The maximum Gasteiger partial charge on any atom is 0.196 e. The maximum atomic E-state index is 4.46. The van der Waals surface area contributed by atoms with Gasteiger partial charge in [-0.25, -0.2) is 0 Å². The third-order valence-corrected chi connectivity index (χ3v) is 31.3. The largest absolute Gasteiger partial charge is 0.196 e. The predicted molar refractivity (Wildman–Crippen MR) is 212 cm³/mol. The van der Waals surface area contributed by atoms with Gasteiger partial charge in [0.2, 0.25) is 0 Å². The fraction of sp³-hybridized carbons (Fsp3) is 0.860. The van der Waals surface area contributed by atoms with Crippen LogP contribution in [0.5, 0.6) is 0 Å². The molecule has 266 valence electrons. The Morgan fingerprint density at radius 2 is 0.617 bits per heavy atom. The van der Waals surface area contributed by atoms with Crippen molar-refractivity contribution in [3.8, 4) is 0 Å². The molecular weight excluding hydrogens is 759 g/mol. The van der Waals surface area contributed by atoms with Crippen LogP contribution in [0, 0.1) is 0 Å². The molecule has 0 unspecified atom stereocenters. The first-order valence-corrected chi connectivity index (χ1v) is 26.2. The molecule has 6 aliphatic carbocycles. The molecule has 0 saturated heterocycles. The number of hydrogen-bond acceptors (Lipinski definition) is 0. The summed E-state index contributed by atoms with van der Waals surface area (Å²) in [6.45, 7) is 0. The minimum atomic E-state index is -1.38.